The lowest BCUT2D eigenvalue weighted by atomic mass is 9.96. The second-order valence-corrected chi connectivity index (χ2v) is 7.06. The number of carbonyl (C=O) groups is 1. The Morgan fingerprint density at radius 2 is 2.04 bits per heavy atom. The summed E-state index contributed by atoms with van der Waals surface area (Å²) in [6.07, 6.45) is 1.88. The topological polar surface area (TPSA) is 35.6 Å². The number of amides is 1. The second-order valence-electron chi connectivity index (χ2n) is 5.85. The molecule has 0 saturated carbocycles. The highest BCUT2D eigenvalue weighted by atomic mass is 35.5. The van der Waals surface area contributed by atoms with E-state index in [1.807, 2.05) is 24.8 Å². The number of anilines is 1. The Morgan fingerprint density at radius 3 is 2.67 bits per heavy atom. The first-order chi connectivity index (χ1) is 11.5. The smallest absolute Gasteiger partial charge is 0.227 e. The lowest BCUT2D eigenvalue weighted by Crippen LogP contribution is -2.47. The van der Waals surface area contributed by atoms with E-state index in [-0.39, 0.29) is 11.8 Å². The van der Waals surface area contributed by atoms with E-state index in [4.69, 9.17) is 35.4 Å². The van der Waals surface area contributed by atoms with E-state index in [0.29, 0.717) is 21.7 Å². The minimum Gasteiger partial charge on any atom is -0.348 e. The van der Waals surface area contributed by atoms with Crippen molar-refractivity contribution in [1.82, 2.24) is 9.80 Å². The van der Waals surface area contributed by atoms with Gasteiger partial charge in [-0.2, -0.15) is 0 Å². The molecule has 1 atom stereocenters. The molecule has 1 amide bonds. The number of rotatable bonds is 4. The quantitative estimate of drug-likeness (QED) is 0.782. The largest absolute Gasteiger partial charge is 0.348 e. The summed E-state index contributed by atoms with van der Waals surface area (Å²) in [6, 6.07) is 5.32. The van der Waals surface area contributed by atoms with Gasteiger partial charge in [0.25, 0.3) is 0 Å². The molecular formula is C17H23Cl2N3OS. The molecular weight excluding hydrogens is 365 g/mol. The Balaban J connectivity index is 1.99. The molecule has 0 aliphatic carbocycles. The Kier molecular flexibility index (Phi) is 7.14. The highest BCUT2D eigenvalue weighted by Gasteiger charge is 2.29. The number of halogens is 2. The van der Waals surface area contributed by atoms with Crippen LogP contribution in [0, 0.1) is 5.92 Å². The zero-order valence-corrected chi connectivity index (χ0v) is 16.3. The van der Waals surface area contributed by atoms with Crippen LogP contribution in [-0.4, -0.2) is 47.0 Å². The molecule has 1 unspecified atom stereocenters. The monoisotopic (exact) mass is 387 g/mol. The second kappa shape index (κ2) is 8.88. The molecule has 1 N–H and O–H groups in total. The van der Waals surface area contributed by atoms with Crippen molar-refractivity contribution in [3.63, 3.8) is 0 Å². The predicted molar refractivity (Wildman–Crippen MR) is 105 cm³/mol. The predicted octanol–water partition coefficient (Wildman–Crippen LogP) is 4.27. The van der Waals surface area contributed by atoms with Gasteiger partial charge < -0.3 is 15.1 Å². The fraction of sp³-hybridized carbons (Fsp3) is 0.529. The van der Waals surface area contributed by atoms with Crippen LogP contribution in [0.1, 0.15) is 26.7 Å². The van der Waals surface area contributed by atoms with Gasteiger partial charge in [0.1, 0.15) is 0 Å². The molecule has 1 fully saturated rings. The number of hydrogen-bond acceptors (Lipinski definition) is 2. The number of nitrogens with zero attached hydrogens (tertiary/aromatic N) is 2. The van der Waals surface area contributed by atoms with E-state index < -0.39 is 0 Å². The van der Waals surface area contributed by atoms with E-state index in [1.165, 1.54) is 0 Å². The molecule has 132 valence electrons. The van der Waals surface area contributed by atoms with Gasteiger partial charge in [-0.3, -0.25) is 4.79 Å². The Labute approximate surface area is 159 Å². The van der Waals surface area contributed by atoms with Crippen LogP contribution in [0.15, 0.2) is 18.2 Å². The van der Waals surface area contributed by atoms with Crippen LogP contribution in [0.3, 0.4) is 0 Å². The van der Waals surface area contributed by atoms with Crippen molar-refractivity contribution in [1.29, 1.82) is 0 Å². The number of carbonyl (C=O) groups excluding carboxylic acids is 1. The summed E-state index contributed by atoms with van der Waals surface area (Å²) in [4.78, 5) is 16.5. The van der Waals surface area contributed by atoms with Gasteiger partial charge in [-0.25, -0.2) is 0 Å². The minimum atomic E-state index is 0.00667. The number of thiocarbonyl (C=S) groups is 1. The Morgan fingerprint density at radius 1 is 1.33 bits per heavy atom. The first kappa shape index (κ1) is 19.3. The number of hydrogen-bond donors (Lipinski definition) is 1. The van der Waals surface area contributed by atoms with Gasteiger partial charge in [0.15, 0.2) is 5.11 Å². The molecule has 1 aromatic carbocycles. The third-order valence-electron chi connectivity index (χ3n) is 4.30. The summed E-state index contributed by atoms with van der Waals surface area (Å²) in [6.45, 7) is 7.03. The van der Waals surface area contributed by atoms with E-state index in [1.54, 1.807) is 12.1 Å². The summed E-state index contributed by atoms with van der Waals surface area (Å²) in [5.41, 5.74) is 0.798. The van der Waals surface area contributed by atoms with E-state index in [0.717, 1.165) is 38.2 Å². The summed E-state index contributed by atoms with van der Waals surface area (Å²) in [5, 5.41) is 4.80. The third kappa shape index (κ3) is 4.74. The maximum Gasteiger partial charge on any atom is 0.227 e. The van der Waals surface area contributed by atoms with Crippen molar-refractivity contribution >= 4 is 52.1 Å². The fourth-order valence-corrected chi connectivity index (χ4v) is 3.51. The molecule has 0 spiro atoms. The SMILES string of the molecule is CCN(CC)C(=O)C1CCCN(C(=S)Nc2ccc(Cl)c(Cl)c2)C1. The molecule has 24 heavy (non-hydrogen) atoms. The van der Waals surface area contributed by atoms with Gasteiger partial charge in [-0.15, -0.1) is 0 Å². The van der Waals surface area contributed by atoms with Gasteiger partial charge in [0, 0.05) is 31.9 Å². The zero-order valence-electron chi connectivity index (χ0n) is 14.0. The van der Waals surface area contributed by atoms with E-state index >= 15 is 0 Å². The molecule has 1 heterocycles. The van der Waals surface area contributed by atoms with Gasteiger partial charge in [-0.05, 0) is 57.1 Å². The van der Waals surface area contributed by atoms with Crippen molar-refractivity contribution in [2.24, 2.45) is 5.92 Å². The molecule has 1 aromatic rings. The molecule has 1 aliphatic rings. The average Bonchev–Trinajstić information content (AvgIpc) is 2.59. The number of likely N-dealkylation sites (tertiary alicyclic amines) is 1. The molecule has 0 radical (unpaired) electrons. The van der Waals surface area contributed by atoms with Crippen LogP contribution >= 0.6 is 35.4 Å². The highest BCUT2D eigenvalue weighted by molar-refractivity contribution is 7.80. The van der Waals surface area contributed by atoms with E-state index in [9.17, 15) is 4.79 Å². The van der Waals surface area contributed by atoms with Gasteiger partial charge in [0.05, 0.1) is 16.0 Å². The molecule has 1 aliphatic heterocycles. The maximum atomic E-state index is 12.6. The zero-order chi connectivity index (χ0) is 17.7. The molecule has 7 heteroatoms. The summed E-state index contributed by atoms with van der Waals surface area (Å²) in [5.74, 6) is 0.231. The van der Waals surface area contributed by atoms with Crippen LogP contribution < -0.4 is 5.32 Å². The van der Waals surface area contributed by atoms with Crippen LogP contribution in [0.25, 0.3) is 0 Å². The molecule has 0 aromatic heterocycles. The van der Waals surface area contributed by atoms with Crippen molar-refractivity contribution < 1.29 is 4.79 Å². The highest BCUT2D eigenvalue weighted by Crippen LogP contribution is 2.26. The average molecular weight is 388 g/mol. The first-order valence-corrected chi connectivity index (χ1v) is 9.42. The van der Waals surface area contributed by atoms with Gasteiger partial charge >= 0.3 is 0 Å². The summed E-state index contributed by atoms with van der Waals surface area (Å²) < 4.78 is 0. The van der Waals surface area contributed by atoms with Crippen LogP contribution in [0.2, 0.25) is 10.0 Å². The van der Waals surface area contributed by atoms with Gasteiger partial charge in [0.2, 0.25) is 5.91 Å². The maximum absolute atomic E-state index is 12.6. The number of nitrogens with one attached hydrogen (secondary N) is 1. The van der Waals surface area contributed by atoms with E-state index in [2.05, 4.69) is 10.2 Å². The summed E-state index contributed by atoms with van der Waals surface area (Å²) in [7, 11) is 0. The van der Waals surface area contributed by atoms with Crippen LogP contribution in [-0.2, 0) is 4.79 Å². The summed E-state index contributed by atoms with van der Waals surface area (Å²) >= 11 is 17.5. The minimum absolute atomic E-state index is 0.00667. The van der Waals surface area contributed by atoms with Crippen molar-refractivity contribution in [3.05, 3.63) is 28.2 Å². The fourth-order valence-electron chi connectivity index (χ4n) is 2.93. The Hall–Kier alpha value is -1.04. The van der Waals surface area contributed by atoms with Gasteiger partial charge in [-0.1, -0.05) is 23.2 Å². The molecule has 2 rings (SSSR count). The lowest BCUT2D eigenvalue weighted by molar-refractivity contribution is -0.136. The third-order valence-corrected chi connectivity index (χ3v) is 5.40. The number of piperidine rings is 1. The first-order valence-electron chi connectivity index (χ1n) is 8.26. The standard InChI is InChI=1S/C17H23Cl2N3OS/c1-3-21(4-2)16(23)12-6-5-9-22(11-12)17(24)20-13-7-8-14(18)15(19)10-13/h7-8,10,12H,3-6,9,11H2,1-2H3,(H,20,24). The Bertz CT molecular complexity index is 607. The van der Waals surface area contributed by atoms with Crippen LogP contribution in [0.5, 0.6) is 0 Å². The normalized spacial score (nSPS) is 17.5. The lowest BCUT2D eigenvalue weighted by Gasteiger charge is -2.36. The molecule has 1 saturated heterocycles. The van der Waals surface area contributed by atoms with Crippen molar-refractivity contribution in [2.45, 2.75) is 26.7 Å². The molecule has 0 bridgehead atoms. The number of benzene rings is 1. The molecule has 4 nitrogen and oxygen atoms in total. The van der Waals surface area contributed by atoms with Crippen molar-refractivity contribution in [3.8, 4) is 0 Å². The van der Waals surface area contributed by atoms with Crippen molar-refractivity contribution in [2.75, 3.05) is 31.5 Å². The van der Waals surface area contributed by atoms with Crippen LogP contribution in [0.4, 0.5) is 5.69 Å².